The lowest BCUT2D eigenvalue weighted by atomic mass is 10.1. The minimum Gasteiger partial charge on any atom is -1.00 e. The van der Waals surface area contributed by atoms with Crippen molar-refractivity contribution < 1.29 is 42.8 Å². The monoisotopic (exact) mass is 477 g/mol. The number of rotatable bonds is 7. The van der Waals surface area contributed by atoms with Crippen LogP contribution >= 0.6 is 0 Å². The normalized spacial score (nSPS) is 11.1. The lowest BCUT2D eigenvalue weighted by Crippen LogP contribution is -3.00. The fourth-order valence-electron chi connectivity index (χ4n) is 2.79. The van der Waals surface area contributed by atoms with Crippen molar-refractivity contribution in [2.75, 3.05) is 20.8 Å². The van der Waals surface area contributed by atoms with Crippen molar-refractivity contribution in [3.63, 3.8) is 0 Å². The molecule has 0 radical (unpaired) electrons. The van der Waals surface area contributed by atoms with Crippen LogP contribution in [-0.4, -0.2) is 27.1 Å². The molecule has 3 aromatic rings. The summed E-state index contributed by atoms with van der Waals surface area (Å²) in [6.45, 7) is 0.356. The second kappa shape index (κ2) is 10.4. The molecule has 0 amide bonds. The molecule has 2 aromatic carbocycles. The summed E-state index contributed by atoms with van der Waals surface area (Å²) in [4.78, 5) is 0. The summed E-state index contributed by atoms with van der Waals surface area (Å²) < 4.78 is 18.0. The smallest absolute Gasteiger partial charge is 0.212 e. The summed E-state index contributed by atoms with van der Waals surface area (Å²) in [5.74, 6) is 0.790. The Kier molecular flexibility index (Phi) is 8.22. The van der Waals surface area contributed by atoms with E-state index in [4.69, 9.17) is 14.2 Å². The molecule has 0 atom stereocenters. The van der Waals surface area contributed by atoms with Gasteiger partial charge in [-0.1, -0.05) is 36.4 Å². The zero-order valence-corrected chi connectivity index (χ0v) is 17.9. The Balaban J connectivity index is 0.00000261. The van der Waals surface area contributed by atoms with Crippen molar-refractivity contribution in [2.45, 2.75) is 6.29 Å². The summed E-state index contributed by atoms with van der Waals surface area (Å²) in [5.41, 5.74) is 3.52. The second-order valence-electron chi connectivity index (χ2n) is 6.01. The summed E-state index contributed by atoms with van der Waals surface area (Å²) in [6, 6.07) is 18.5. The number of benzene rings is 2. The zero-order chi connectivity index (χ0) is 18.4. The zero-order valence-electron chi connectivity index (χ0n) is 15.8. The van der Waals surface area contributed by atoms with Gasteiger partial charge in [0.1, 0.15) is 19.4 Å². The topological polar surface area (TPSA) is 31.6 Å². The predicted molar refractivity (Wildman–Crippen MR) is 104 cm³/mol. The van der Waals surface area contributed by atoms with Crippen LogP contribution in [-0.2, 0) is 16.5 Å². The molecule has 142 valence electrons. The van der Waals surface area contributed by atoms with Crippen molar-refractivity contribution in [1.82, 2.24) is 0 Å². The number of pyridine rings is 1. The maximum atomic E-state index is 5.66. The highest BCUT2D eigenvalue weighted by Gasteiger charge is 2.07. The first kappa shape index (κ1) is 21.3. The molecule has 27 heavy (non-hydrogen) atoms. The number of aromatic nitrogens is 1. The highest BCUT2D eigenvalue weighted by atomic mass is 127. The van der Waals surface area contributed by atoms with Crippen molar-refractivity contribution in [3.05, 3.63) is 71.9 Å². The standard InChI is InChI=1S/C22H24NO3.HI/c1-23-15-14-18(20-6-4-5-7-21(20)23)11-8-17-9-12-19(13-10-17)26-16-22(24-2)25-3;/h4-15,22H,16H2,1-3H3;1H/q+1;/p-1. The number of aryl methyl sites for hydroxylation is 1. The maximum Gasteiger partial charge on any atom is 0.212 e. The number of ether oxygens (including phenoxy) is 3. The van der Waals surface area contributed by atoms with Crippen LogP contribution in [0.4, 0.5) is 0 Å². The van der Waals surface area contributed by atoms with Crippen molar-refractivity contribution in [1.29, 1.82) is 0 Å². The molecule has 1 heterocycles. The summed E-state index contributed by atoms with van der Waals surface area (Å²) in [7, 11) is 5.25. The van der Waals surface area contributed by atoms with Crippen LogP contribution in [0.25, 0.3) is 23.1 Å². The van der Waals surface area contributed by atoms with Crippen LogP contribution in [0.3, 0.4) is 0 Å². The molecule has 4 nitrogen and oxygen atoms in total. The van der Waals surface area contributed by atoms with E-state index in [2.05, 4.69) is 60.3 Å². The summed E-state index contributed by atoms with van der Waals surface area (Å²) in [6.07, 6.45) is 5.98. The van der Waals surface area contributed by atoms with Gasteiger partial charge in [-0.25, -0.2) is 4.57 Å². The number of halogens is 1. The lowest BCUT2D eigenvalue weighted by Gasteiger charge is -2.14. The fraction of sp³-hybridized carbons (Fsp3) is 0.227. The van der Waals surface area contributed by atoms with Crippen LogP contribution < -0.4 is 33.3 Å². The molecule has 0 fully saturated rings. The molecule has 0 aliphatic rings. The Bertz CT molecular complexity index is 890. The Morgan fingerprint density at radius 3 is 2.33 bits per heavy atom. The van der Waals surface area contributed by atoms with E-state index in [1.165, 1.54) is 16.5 Å². The molecule has 0 aliphatic carbocycles. The first-order chi connectivity index (χ1) is 12.7. The molecule has 1 aromatic heterocycles. The number of hydrogen-bond acceptors (Lipinski definition) is 3. The number of methoxy groups -OCH3 is 2. The predicted octanol–water partition coefficient (Wildman–Crippen LogP) is 0.836. The Morgan fingerprint density at radius 1 is 0.926 bits per heavy atom. The van der Waals surface area contributed by atoms with E-state index in [-0.39, 0.29) is 30.3 Å². The van der Waals surface area contributed by atoms with Crippen molar-refractivity contribution >= 4 is 23.1 Å². The first-order valence-corrected chi connectivity index (χ1v) is 8.55. The van der Waals surface area contributed by atoms with Crippen LogP contribution in [0.15, 0.2) is 60.8 Å². The number of para-hydroxylation sites is 1. The highest BCUT2D eigenvalue weighted by Crippen LogP contribution is 2.19. The van der Waals surface area contributed by atoms with E-state index < -0.39 is 0 Å². The summed E-state index contributed by atoms with van der Waals surface area (Å²) in [5, 5.41) is 1.24. The summed E-state index contributed by atoms with van der Waals surface area (Å²) >= 11 is 0. The van der Waals surface area contributed by atoms with E-state index in [1.807, 2.05) is 24.3 Å². The van der Waals surface area contributed by atoms with Gasteiger partial charge in [0.05, 0.1) is 5.39 Å². The van der Waals surface area contributed by atoms with Crippen LogP contribution in [0.5, 0.6) is 5.75 Å². The van der Waals surface area contributed by atoms with Gasteiger partial charge in [0.2, 0.25) is 5.52 Å². The van der Waals surface area contributed by atoms with Gasteiger partial charge in [0.25, 0.3) is 0 Å². The molecule has 0 saturated carbocycles. The van der Waals surface area contributed by atoms with Gasteiger partial charge in [-0.05, 0) is 29.3 Å². The van der Waals surface area contributed by atoms with Crippen molar-refractivity contribution in [2.24, 2.45) is 7.05 Å². The average molecular weight is 477 g/mol. The third kappa shape index (κ3) is 5.51. The molecular weight excluding hydrogens is 453 g/mol. The van der Waals surface area contributed by atoms with Crippen LogP contribution in [0.1, 0.15) is 11.1 Å². The molecule has 0 unspecified atom stereocenters. The van der Waals surface area contributed by atoms with Crippen LogP contribution in [0.2, 0.25) is 0 Å². The van der Waals surface area contributed by atoms with E-state index in [9.17, 15) is 0 Å². The second-order valence-corrected chi connectivity index (χ2v) is 6.01. The third-order valence-electron chi connectivity index (χ3n) is 4.32. The van der Waals surface area contributed by atoms with E-state index in [0.29, 0.717) is 6.61 Å². The first-order valence-electron chi connectivity index (χ1n) is 8.55. The Hall–Kier alpha value is -1.96. The minimum atomic E-state index is -0.359. The molecule has 0 spiro atoms. The van der Waals surface area contributed by atoms with Gasteiger partial charge in [-0.3, -0.25) is 0 Å². The molecule has 3 rings (SSSR count). The van der Waals surface area contributed by atoms with E-state index in [1.54, 1.807) is 14.2 Å². The molecule has 0 aliphatic heterocycles. The number of fused-ring (bicyclic) bond motifs is 1. The van der Waals surface area contributed by atoms with Crippen molar-refractivity contribution in [3.8, 4) is 5.75 Å². The van der Waals surface area contributed by atoms with Crippen LogP contribution in [0, 0.1) is 0 Å². The van der Waals surface area contributed by atoms with Gasteiger partial charge in [-0.2, -0.15) is 0 Å². The Labute approximate surface area is 177 Å². The van der Waals surface area contributed by atoms with E-state index >= 15 is 0 Å². The fourth-order valence-corrected chi connectivity index (χ4v) is 2.79. The van der Waals surface area contributed by atoms with Gasteiger partial charge >= 0.3 is 0 Å². The minimum absolute atomic E-state index is 0. The third-order valence-corrected chi connectivity index (χ3v) is 4.32. The molecule has 0 bridgehead atoms. The quantitative estimate of drug-likeness (QED) is 0.287. The van der Waals surface area contributed by atoms with Gasteiger partial charge in [0.15, 0.2) is 12.5 Å². The maximum absolute atomic E-state index is 5.66. The highest BCUT2D eigenvalue weighted by molar-refractivity contribution is 5.88. The molecule has 5 heteroatoms. The van der Waals surface area contributed by atoms with E-state index in [0.717, 1.165) is 11.3 Å². The van der Waals surface area contributed by atoms with Gasteiger partial charge < -0.3 is 38.2 Å². The molecular formula is C22H24INO3. The average Bonchev–Trinajstić information content (AvgIpc) is 2.69. The largest absolute Gasteiger partial charge is 1.00 e. The number of hydrogen-bond donors (Lipinski definition) is 0. The molecule has 0 saturated heterocycles. The SMILES string of the molecule is COC(COc1ccc(C=Cc2cc[n+](C)c3ccccc23)cc1)OC.[I-]. The number of nitrogens with zero attached hydrogens (tertiary/aromatic N) is 1. The lowest BCUT2D eigenvalue weighted by molar-refractivity contribution is -0.644. The van der Waals surface area contributed by atoms with Gasteiger partial charge in [0, 0.05) is 26.4 Å². The Morgan fingerprint density at radius 2 is 1.63 bits per heavy atom. The van der Waals surface area contributed by atoms with Gasteiger partial charge in [-0.15, -0.1) is 0 Å². The molecule has 0 N–H and O–H groups in total.